The topological polar surface area (TPSA) is 127 Å². The van der Waals surface area contributed by atoms with Crippen molar-refractivity contribution in [3.63, 3.8) is 0 Å². The molecule has 2 aromatic heterocycles. The van der Waals surface area contributed by atoms with E-state index in [9.17, 15) is 14.7 Å². The average molecular weight is 535 g/mol. The summed E-state index contributed by atoms with van der Waals surface area (Å²) < 4.78 is 16.3. The van der Waals surface area contributed by atoms with Crippen LogP contribution < -0.4 is 19.1 Å². The van der Waals surface area contributed by atoms with E-state index in [1.54, 1.807) is 49.5 Å². The molecule has 10 nitrogen and oxygen atoms in total. The van der Waals surface area contributed by atoms with Gasteiger partial charge < -0.3 is 24.3 Å². The Morgan fingerprint density at radius 2 is 1.87 bits per heavy atom. The average Bonchev–Trinajstić information content (AvgIpc) is 3.46. The Labute approximate surface area is 222 Å². The van der Waals surface area contributed by atoms with Gasteiger partial charge in [-0.05, 0) is 36.8 Å². The predicted molar refractivity (Wildman–Crippen MR) is 141 cm³/mol. The predicted octanol–water partition coefficient (Wildman–Crippen LogP) is 4.65. The Morgan fingerprint density at radius 1 is 1.11 bits per heavy atom. The van der Waals surface area contributed by atoms with Gasteiger partial charge in [-0.3, -0.25) is 19.5 Å². The number of ether oxygens (including phenoxy) is 3. The molecular weight excluding hydrogens is 512 g/mol. The van der Waals surface area contributed by atoms with Crippen molar-refractivity contribution in [1.29, 1.82) is 0 Å². The number of anilines is 1. The number of imidazole rings is 1. The Morgan fingerprint density at radius 3 is 2.55 bits per heavy atom. The molecule has 3 heterocycles. The minimum Gasteiger partial charge on any atom is -0.507 e. The number of nitrogens with zero attached hydrogens (tertiary/aromatic N) is 3. The maximum absolute atomic E-state index is 13.4. The lowest BCUT2D eigenvalue weighted by Gasteiger charge is -2.22. The third-order valence-electron chi connectivity index (χ3n) is 6.15. The van der Waals surface area contributed by atoms with Crippen LogP contribution in [0.1, 0.15) is 24.1 Å². The molecule has 1 aliphatic heterocycles. The highest BCUT2D eigenvalue weighted by Gasteiger charge is 2.48. The fourth-order valence-electron chi connectivity index (χ4n) is 4.41. The van der Waals surface area contributed by atoms with Crippen LogP contribution in [0.3, 0.4) is 0 Å². The molecule has 1 unspecified atom stereocenters. The normalized spacial score (nSPS) is 16.7. The number of halogens is 1. The molecule has 11 heteroatoms. The van der Waals surface area contributed by atoms with Crippen LogP contribution in [0.15, 0.2) is 60.4 Å². The van der Waals surface area contributed by atoms with E-state index in [1.165, 1.54) is 31.4 Å². The van der Waals surface area contributed by atoms with E-state index < -0.39 is 17.7 Å². The number of Topliss-reactive ketones (excluding diaryl/α,β-unsaturated/α-hetero) is 1. The molecule has 1 amide bonds. The van der Waals surface area contributed by atoms with Crippen LogP contribution in [0, 0.1) is 0 Å². The van der Waals surface area contributed by atoms with Crippen molar-refractivity contribution in [2.45, 2.75) is 13.0 Å². The van der Waals surface area contributed by atoms with Gasteiger partial charge in [0.25, 0.3) is 5.78 Å². The van der Waals surface area contributed by atoms with Crippen LogP contribution in [0.5, 0.6) is 17.2 Å². The molecule has 0 bridgehead atoms. The van der Waals surface area contributed by atoms with Crippen molar-refractivity contribution in [3.8, 4) is 17.2 Å². The highest BCUT2D eigenvalue weighted by molar-refractivity contribution is 6.51. The van der Waals surface area contributed by atoms with Crippen molar-refractivity contribution in [3.05, 3.63) is 76.6 Å². The van der Waals surface area contributed by atoms with Crippen LogP contribution in [-0.4, -0.2) is 52.6 Å². The van der Waals surface area contributed by atoms with E-state index in [1.807, 2.05) is 0 Å². The van der Waals surface area contributed by atoms with Crippen molar-refractivity contribution in [2.24, 2.45) is 0 Å². The second-order valence-corrected chi connectivity index (χ2v) is 8.73. The smallest absolute Gasteiger partial charge is 0.302 e. The first kappa shape index (κ1) is 25.1. The SMILES string of the molecule is CCOc1cc(/C(O)=C2\C(=O)C(=O)N(c3nc4cc(OC)c(OC)cc4[nH]3)C2c2cccnc2)ccc1Cl. The lowest BCUT2D eigenvalue weighted by molar-refractivity contribution is -0.132. The van der Waals surface area contributed by atoms with Gasteiger partial charge in [0.2, 0.25) is 5.95 Å². The molecule has 0 spiro atoms. The van der Waals surface area contributed by atoms with E-state index in [2.05, 4.69) is 15.0 Å². The summed E-state index contributed by atoms with van der Waals surface area (Å²) in [5, 5.41) is 11.7. The van der Waals surface area contributed by atoms with Gasteiger partial charge in [0.15, 0.2) is 11.5 Å². The maximum Gasteiger partial charge on any atom is 0.302 e. The number of rotatable bonds is 7. The number of hydrogen-bond acceptors (Lipinski definition) is 8. The number of aliphatic hydroxyl groups is 1. The first-order valence-electron chi connectivity index (χ1n) is 11.6. The lowest BCUT2D eigenvalue weighted by Crippen LogP contribution is -2.30. The Bertz CT molecular complexity index is 1540. The standard InChI is InChI=1S/C27H23ClN4O6/c1-4-38-19-10-14(7-8-16(19)28)24(33)22-23(15-6-5-9-29-13-15)32(26(35)25(22)34)27-30-17-11-20(36-2)21(37-3)12-18(17)31-27/h5-13,23,33H,4H2,1-3H3,(H,30,31)/b24-22+. The van der Waals surface area contributed by atoms with Gasteiger partial charge in [-0.15, -0.1) is 0 Å². The molecule has 0 radical (unpaired) electrons. The second-order valence-electron chi connectivity index (χ2n) is 8.32. The zero-order valence-electron chi connectivity index (χ0n) is 20.7. The Hall–Kier alpha value is -4.57. The molecule has 0 saturated carbocycles. The number of ketones is 1. The highest BCUT2D eigenvalue weighted by atomic mass is 35.5. The Balaban J connectivity index is 1.70. The van der Waals surface area contributed by atoms with Crippen molar-refractivity contribution in [1.82, 2.24) is 15.0 Å². The minimum absolute atomic E-state index is 0.108. The van der Waals surface area contributed by atoms with E-state index in [0.29, 0.717) is 45.5 Å². The van der Waals surface area contributed by atoms with Gasteiger partial charge in [-0.2, -0.15) is 0 Å². The number of methoxy groups -OCH3 is 2. The molecule has 38 heavy (non-hydrogen) atoms. The first-order chi connectivity index (χ1) is 18.4. The zero-order chi connectivity index (χ0) is 27.0. The van der Waals surface area contributed by atoms with Gasteiger partial charge in [-0.1, -0.05) is 17.7 Å². The zero-order valence-corrected chi connectivity index (χ0v) is 21.4. The third-order valence-corrected chi connectivity index (χ3v) is 6.46. The van der Waals surface area contributed by atoms with Gasteiger partial charge in [0.1, 0.15) is 11.5 Å². The quantitative estimate of drug-likeness (QED) is 0.199. The summed E-state index contributed by atoms with van der Waals surface area (Å²) in [5.74, 6) is -0.748. The molecular formula is C27H23ClN4O6. The summed E-state index contributed by atoms with van der Waals surface area (Å²) in [6.07, 6.45) is 3.10. The number of amides is 1. The highest BCUT2D eigenvalue weighted by Crippen LogP contribution is 2.43. The number of pyridine rings is 1. The largest absolute Gasteiger partial charge is 0.507 e. The van der Waals surface area contributed by atoms with Crippen molar-refractivity contribution in [2.75, 3.05) is 25.7 Å². The molecule has 5 rings (SSSR count). The van der Waals surface area contributed by atoms with Crippen LogP contribution in [0.25, 0.3) is 16.8 Å². The minimum atomic E-state index is -1.01. The molecule has 1 saturated heterocycles. The maximum atomic E-state index is 13.4. The summed E-state index contributed by atoms with van der Waals surface area (Å²) in [7, 11) is 3.02. The van der Waals surface area contributed by atoms with Crippen LogP contribution in [0.4, 0.5) is 5.95 Å². The molecule has 194 valence electrons. The van der Waals surface area contributed by atoms with Crippen molar-refractivity contribution >= 4 is 46.0 Å². The number of H-pyrrole nitrogens is 1. The molecule has 4 aromatic rings. The summed E-state index contributed by atoms with van der Waals surface area (Å²) in [6, 6.07) is 10.3. The van der Waals surface area contributed by atoms with E-state index >= 15 is 0 Å². The number of carbonyl (C=O) groups excluding carboxylic acids is 2. The second kappa shape index (κ2) is 10.1. The van der Waals surface area contributed by atoms with Crippen LogP contribution in [-0.2, 0) is 9.59 Å². The molecule has 1 fully saturated rings. The number of nitrogens with one attached hydrogen (secondary N) is 1. The third kappa shape index (κ3) is 4.18. The first-order valence-corrected chi connectivity index (χ1v) is 12.0. The Kier molecular flexibility index (Phi) is 6.64. The summed E-state index contributed by atoms with van der Waals surface area (Å²) in [6.45, 7) is 2.15. The molecule has 0 aliphatic carbocycles. The van der Waals surface area contributed by atoms with E-state index in [0.717, 1.165) is 0 Å². The fourth-order valence-corrected chi connectivity index (χ4v) is 4.59. The number of carbonyl (C=O) groups is 2. The summed E-state index contributed by atoms with van der Waals surface area (Å²) in [4.78, 5) is 39.9. The van der Waals surface area contributed by atoms with Gasteiger partial charge in [0.05, 0.1) is 48.5 Å². The number of fused-ring (bicyclic) bond motifs is 1. The summed E-state index contributed by atoms with van der Waals surface area (Å²) in [5.41, 5.74) is 1.70. The lowest BCUT2D eigenvalue weighted by atomic mass is 9.96. The van der Waals surface area contributed by atoms with Crippen molar-refractivity contribution < 1.29 is 28.9 Å². The van der Waals surface area contributed by atoms with Gasteiger partial charge in [0, 0.05) is 30.1 Å². The van der Waals surface area contributed by atoms with E-state index in [-0.39, 0.29) is 22.8 Å². The number of aromatic amines is 1. The molecule has 2 aromatic carbocycles. The summed E-state index contributed by atoms with van der Waals surface area (Å²) >= 11 is 6.21. The number of aromatic nitrogens is 3. The van der Waals surface area contributed by atoms with Crippen LogP contribution >= 0.6 is 11.6 Å². The van der Waals surface area contributed by atoms with E-state index in [4.69, 9.17) is 25.8 Å². The molecule has 2 N–H and O–H groups in total. The molecule has 1 atom stereocenters. The number of benzene rings is 2. The monoisotopic (exact) mass is 534 g/mol. The van der Waals surface area contributed by atoms with Crippen LogP contribution in [0.2, 0.25) is 5.02 Å². The molecule has 1 aliphatic rings. The van der Waals surface area contributed by atoms with Gasteiger partial charge in [-0.25, -0.2) is 4.98 Å². The number of aliphatic hydroxyl groups excluding tert-OH is 1. The fraction of sp³-hybridized carbons (Fsp3) is 0.185. The van der Waals surface area contributed by atoms with Gasteiger partial charge >= 0.3 is 5.91 Å². The number of hydrogen-bond donors (Lipinski definition) is 2.